The van der Waals surface area contributed by atoms with Gasteiger partial charge in [0.05, 0.1) is 30.6 Å². The van der Waals surface area contributed by atoms with E-state index in [1.54, 1.807) is 7.11 Å². The predicted octanol–water partition coefficient (Wildman–Crippen LogP) is 5.99. The maximum absolute atomic E-state index is 14.2. The number of benzene rings is 4. The summed E-state index contributed by atoms with van der Waals surface area (Å²) in [4.78, 5) is 43.5. The molecule has 198 valence electrons. The Morgan fingerprint density at radius 3 is 2.33 bits per heavy atom. The number of aryl methyl sites for hydroxylation is 2. The van der Waals surface area contributed by atoms with E-state index in [1.807, 2.05) is 98.8 Å². The molecule has 2 amide bonds. The molecule has 7 rings (SSSR count). The molecule has 2 aliphatic heterocycles. The van der Waals surface area contributed by atoms with E-state index in [0.29, 0.717) is 17.2 Å². The van der Waals surface area contributed by atoms with Crippen LogP contribution in [0.3, 0.4) is 0 Å². The first kappa shape index (κ1) is 24.3. The Hall–Kier alpha value is -4.71. The molecule has 1 saturated heterocycles. The van der Waals surface area contributed by atoms with E-state index in [1.165, 1.54) is 4.90 Å². The summed E-state index contributed by atoms with van der Waals surface area (Å²) < 4.78 is 11.3. The molecule has 1 aliphatic carbocycles. The van der Waals surface area contributed by atoms with Crippen LogP contribution in [0, 0.1) is 31.6 Å². The van der Waals surface area contributed by atoms with Gasteiger partial charge >= 0.3 is 5.97 Å². The van der Waals surface area contributed by atoms with Crippen molar-refractivity contribution in [1.29, 1.82) is 0 Å². The third kappa shape index (κ3) is 3.45. The van der Waals surface area contributed by atoms with E-state index in [-0.39, 0.29) is 11.8 Å². The molecule has 0 spiro atoms. The molecular weight excluding hydrogens is 502 g/mol. The lowest BCUT2D eigenvalue weighted by Crippen LogP contribution is -2.42. The van der Waals surface area contributed by atoms with Crippen LogP contribution in [0.5, 0.6) is 11.5 Å². The molecule has 4 aromatic carbocycles. The summed E-state index contributed by atoms with van der Waals surface area (Å²) in [7, 11) is 1.61. The average Bonchev–Trinajstić information content (AvgIpc) is 3.22. The number of rotatable bonds is 3. The second-order valence-electron chi connectivity index (χ2n) is 10.8. The van der Waals surface area contributed by atoms with E-state index in [9.17, 15) is 14.4 Å². The average molecular weight is 530 g/mol. The first-order chi connectivity index (χ1) is 19.4. The van der Waals surface area contributed by atoms with Gasteiger partial charge in [-0.3, -0.25) is 14.4 Å². The van der Waals surface area contributed by atoms with Crippen molar-refractivity contribution in [2.45, 2.75) is 19.8 Å². The molecule has 40 heavy (non-hydrogen) atoms. The standard InChI is InChI=1S/C34H27NO5/c1-18-8-15-27(19(2)16-18)35-32(36)28-25(21-9-12-22(39-3)13-10-21)17-26-24-14-11-20-6-4-5-7-23(20)31(24)40-34(38)29(26)30(28)33(35)37/h4-17,25,28-30H,1-3H3/t25-,28+,29-,30-/m0/s1. The maximum atomic E-state index is 14.2. The number of methoxy groups -OCH3 is 1. The first-order valence-corrected chi connectivity index (χ1v) is 13.4. The second-order valence-corrected chi connectivity index (χ2v) is 10.8. The molecule has 0 radical (unpaired) electrons. The lowest BCUT2D eigenvalue weighted by atomic mass is 9.64. The van der Waals surface area contributed by atoms with E-state index in [0.717, 1.165) is 38.6 Å². The number of ether oxygens (including phenoxy) is 2. The Labute approximate surface area is 231 Å². The lowest BCUT2D eigenvalue weighted by molar-refractivity contribution is -0.142. The number of carbonyl (C=O) groups is 3. The quantitative estimate of drug-likeness (QED) is 0.185. The highest BCUT2D eigenvalue weighted by atomic mass is 16.5. The maximum Gasteiger partial charge on any atom is 0.319 e. The second kappa shape index (κ2) is 8.91. The van der Waals surface area contributed by atoms with Crippen LogP contribution in [-0.4, -0.2) is 24.9 Å². The number of hydrogen-bond donors (Lipinski definition) is 0. The van der Waals surface area contributed by atoms with Crippen LogP contribution in [0.25, 0.3) is 16.3 Å². The fraction of sp³-hybridized carbons (Fsp3) is 0.206. The highest BCUT2D eigenvalue weighted by molar-refractivity contribution is 6.25. The molecule has 0 N–H and O–H groups in total. The van der Waals surface area contributed by atoms with Gasteiger partial charge in [-0.05, 0) is 54.1 Å². The van der Waals surface area contributed by atoms with Gasteiger partial charge in [-0.1, -0.05) is 72.3 Å². The number of esters is 1. The topological polar surface area (TPSA) is 72.9 Å². The monoisotopic (exact) mass is 529 g/mol. The van der Waals surface area contributed by atoms with Crippen molar-refractivity contribution >= 4 is 39.8 Å². The Balaban J connectivity index is 1.44. The summed E-state index contributed by atoms with van der Waals surface area (Å²) in [5, 5.41) is 1.79. The molecular formula is C34H27NO5. The summed E-state index contributed by atoms with van der Waals surface area (Å²) in [5.41, 5.74) is 4.83. The number of amides is 2. The van der Waals surface area contributed by atoms with E-state index >= 15 is 0 Å². The molecule has 4 aromatic rings. The SMILES string of the molecule is COc1ccc([C@@H]2C=C3c4ccc5ccccc5c4OC(=O)[C@@H]3[C@H]3C(=O)N(c4ccc(C)cc4C)C(=O)[C@@H]32)cc1. The number of imide groups is 1. The van der Waals surface area contributed by atoms with Gasteiger partial charge < -0.3 is 9.47 Å². The third-order valence-corrected chi connectivity index (χ3v) is 8.58. The Morgan fingerprint density at radius 1 is 0.825 bits per heavy atom. The van der Waals surface area contributed by atoms with Gasteiger partial charge in [-0.15, -0.1) is 0 Å². The summed E-state index contributed by atoms with van der Waals surface area (Å²) in [6.45, 7) is 3.87. The zero-order valence-corrected chi connectivity index (χ0v) is 22.4. The minimum atomic E-state index is -0.882. The fourth-order valence-corrected chi connectivity index (χ4v) is 6.73. The van der Waals surface area contributed by atoms with Crippen LogP contribution in [0.4, 0.5) is 5.69 Å². The van der Waals surface area contributed by atoms with Gasteiger partial charge in [0.2, 0.25) is 11.8 Å². The molecule has 0 aromatic heterocycles. The Kier molecular flexibility index (Phi) is 5.42. The van der Waals surface area contributed by atoms with Crippen LogP contribution in [0.2, 0.25) is 0 Å². The van der Waals surface area contributed by atoms with Crippen molar-refractivity contribution in [3.8, 4) is 11.5 Å². The van der Waals surface area contributed by atoms with Gasteiger partial charge in [-0.2, -0.15) is 0 Å². The van der Waals surface area contributed by atoms with Gasteiger partial charge in [0.1, 0.15) is 11.5 Å². The van der Waals surface area contributed by atoms with Crippen molar-refractivity contribution in [1.82, 2.24) is 0 Å². The number of allylic oxidation sites excluding steroid dienone is 1. The molecule has 0 unspecified atom stereocenters. The van der Waals surface area contributed by atoms with E-state index in [4.69, 9.17) is 9.47 Å². The number of hydrogen-bond acceptors (Lipinski definition) is 5. The third-order valence-electron chi connectivity index (χ3n) is 8.58. The molecule has 0 saturated carbocycles. The number of carbonyl (C=O) groups excluding carboxylic acids is 3. The summed E-state index contributed by atoms with van der Waals surface area (Å²) in [6, 6.07) is 25.0. The van der Waals surface area contributed by atoms with Crippen molar-refractivity contribution in [2.24, 2.45) is 17.8 Å². The molecule has 1 fully saturated rings. The van der Waals surface area contributed by atoms with Gasteiger partial charge in [0, 0.05) is 16.9 Å². The van der Waals surface area contributed by atoms with Gasteiger partial charge in [0.25, 0.3) is 0 Å². The highest BCUT2D eigenvalue weighted by Crippen LogP contribution is 2.55. The lowest BCUT2D eigenvalue weighted by Gasteiger charge is -2.38. The van der Waals surface area contributed by atoms with Crippen molar-refractivity contribution < 1.29 is 23.9 Å². The zero-order valence-electron chi connectivity index (χ0n) is 22.4. The van der Waals surface area contributed by atoms with Crippen LogP contribution < -0.4 is 14.4 Å². The van der Waals surface area contributed by atoms with Crippen molar-refractivity contribution in [3.63, 3.8) is 0 Å². The van der Waals surface area contributed by atoms with Gasteiger partial charge in [0.15, 0.2) is 0 Å². The minimum absolute atomic E-state index is 0.296. The number of nitrogens with zero attached hydrogens (tertiary/aromatic N) is 1. The zero-order chi connectivity index (χ0) is 27.7. The summed E-state index contributed by atoms with van der Waals surface area (Å²) in [6.07, 6.45) is 2.01. The van der Waals surface area contributed by atoms with Crippen molar-refractivity contribution in [2.75, 3.05) is 12.0 Å². The summed E-state index contributed by atoms with van der Waals surface area (Å²) >= 11 is 0. The van der Waals surface area contributed by atoms with E-state index in [2.05, 4.69) is 0 Å². The molecule has 2 heterocycles. The molecule has 6 nitrogen and oxygen atoms in total. The van der Waals surface area contributed by atoms with Crippen LogP contribution in [0.15, 0.2) is 84.9 Å². The van der Waals surface area contributed by atoms with Crippen LogP contribution >= 0.6 is 0 Å². The number of anilines is 1. The van der Waals surface area contributed by atoms with Crippen LogP contribution in [0.1, 0.15) is 28.2 Å². The minimum Gasteiger partial charge on any atom is -0.497 e. The Morgan fingerprint density at radius 2 is 1.57 bits per heavy atom. The molecule has 4 atom stereocenters. The van der Waals surface area contributed by atoms with Crippen molar-refractivity contribution in [3.05, 3.63) is 107 Å². The predicted molar refractivity (Wildman–Crippen MR) is 152 cm³/mol. The van der Waals surface area contributed by atoms with Gasteiger partial charge in [-0.25, -0.2) is 4.90 Å². The number of fused-ring (bicyclic) bond motifs is 7. The molecule has 6 heteroatoms. The summed E-state index contributed by atoms with van der Waals surface area (Å²) in [5.74, 6) is -2.88. The molecule has 0 bridgehead atoms. The largest absolute Gasteiger partial charge is 0.497 e. The first-order valence-electron chi connectivity index (χ1n) is 13.4. The fourth-order valence-electron chi connectivity index (χ4n) is 6.73. The normalized spacial score (nSPS) is 23.3. The van der Waals surface area contributed by atoms with E-state index < -0.39 is 29.6 Å². The Bertz CT molecular complexity index is 1770. The smallest absolute Gasteiger partial charge is 0.319 e. The molecule has 3 aliphatic rings. The highest BCUT2D eigenvalue weighted by Gasteiger charge is 2.60. The van der Waals surface area contributed by atoms with Crippen LogP contribution in [-0.2, 0) is 14.4 Å².